The molecule has 0 spiro atoms. The fourth-order valence-electron chi connectivity index (χ4n) is 4.56. The number of hydrogen-bond acceptors (Lipinski definition) is 5. The highest BCUT2D eigenvalue weighted by Gasteiger charge is 2.28. The Labute approximate surface area is 207 Å². The van der Waals surface area contributed by atoms with Crippen LogP contribution in [0.1, 0.15) is 61.4 Å². The molecule has 7 nitrogen and oxygen atoms in total. The van der Waals surface area contributed by atoms with E-state index in [9.17, 15) is 14.4 Å². The third-order valence-corrected chi connectivity index (χ3v) is 6.62. The van der Waals surface area contributed by atoms with Crippen molar-refractivity contribution < 1.29 is 19.1 Å². The highest BCUT2D eigenvalue weighted by molar-refractivity contribution is 6.02. The van der Waals surface area contributed by atoms with Gasteiger partial charge in [-0.1, -0.05) is 30.3 Å². The van der Waals surface area contributed by atoms with Crippen LogP contribution in [-0.4, -0.2) is 43.5 Å². The van der Waals surface area contributed by atoms with E-state index in [0.717, 1.165) is 50.9 Å². The summed E-state index contributed by atoms with van der Waals surface area (Å²) in [4.78, 5) is 39.2. The molecule has 1 aliphatic carbocycles. The van der Waals surface area contributed by atoms with Gasteiger partial charge in [0.2, 0.25) is 5.91 Å². The molecule has 0 radical (unpaired) electrons. The third-order valence-electron chi connectivity index (χ3n) is 6.62. The van der Waals surface area contributed by atoms with Crippen LogP contribution in [0.25, 0.3) is 0 Å². The van der Waals surface area contributed by atoms with E-state index >= 15 is 0 Å². The summed E-state index contributed by atoms with van der Waals surface area (Å²) in [5.74, 6) is -0.133. The van der Waals surface area contributed by atoms with E-state index < -0.39 is 5.97 Å². The molecule has 2 N–H and O–H groups in total. The molecule has 2 aliphatic rings. The zero-order chi connectivity index (χ0) is 24.6. The van der Waals surface area contributed by atoms with E-state index in [4.69, 9.17) is 4.74 Å². The minimum atomic E-state index is -0.391. The summed E-state index contributed by atoms with van der Waals surface area (Å²) in [7, 11) is 0. The van der Waals surface area contributed by atoms with E-state index in [0.29, 0.717) is 23.8 Å². The van der Waals surface area contributed by atoms with Crippen LogP contribution in [0.3, 0.4) is 0 Å². The summed E-state index contributed by atoms with van der Waals surface area (Å²) < 4.78 is 4.88. The highest BCUT2D eigenvalue weighted by atomic mass is 16.5. The number of carbonyl (C=O) groups is 3. The molecular weight excluding hydrogens is 442 g/mol. The van der Waals surface area contributed by atoms with E-state index in [1.54, 1.807) is 13.0 Å². The molecule has 2 aromatic rings. The Bertz CT molecular complexity index is 1030. The number of carbonyl (C=O) groups excluding carboxylic acids is 3. The Kier molecular flexibility index (Phi) is 8.40. The van der Waals surface area contributed by atoms with Gasteiger partial charge in [0.25, 0.3) is 5.91 Å². The molecule has 1 saturated carbocycles. The van der Waals surface area contributed by atoms with E-state index in [2.05, 4.69) is 39.8 Å². The van der Waals surface area contributed by atoms with Crippen molar-refractivity contribution in [3.8, 4) is 0 Å². The average Bonchev–Trinajstić information content (AvgIpc) is 3.68. The van der Waals surface area contributed by atoms with Gasteiger partial charge in [0.05, 0.1) is 18.6 Å². The topological polar surface area (TPSA) is 87.7 Å². The van der Waals surface area contributed by atoms with Gasteiger partial charge in [0.1, 0.15) is 0 Å². The normalized spacial score (nSPS) is 16.0. The van der Waals surface area contributed by atoms with Crippen LogP contribution >= 0.6 is 0 Å². The van der Waals surface area contributed by atoms with Gasteiger partial charge in [0.15, 0.2) is 0 Å². The molecule has 0 aromatic heterocycles. The number of esters is 1. The van der Waals surface area contributed by atoms with Crippen LogP contribution in [0, 0.1) is 5.92 Å². The van der Waals surface area contributed by atoms with Crippen molar-refractivity contribution in [1.82, 2.24) is 5.32 Å². The van der Waals surface area contributed by atoms with Crippen LogP contribution < -0.4 is 15.5 Å². The van der Waals surface area contributed by atoms with Crippen LogP contribution in [0.5, 0.6) is 0 Å². The lowest BCUT2D eigenvalue weighted by Crippen LogP contribution is -2.36. The van der Waals surface area contributed by atoms with E-state index in [-0.39, 0.29) is 30.7 Å². The molecule has 2 fully saturated rings. The lowest BCUT2D eigenvalue weighted by atomic mass is 9.89. The molecule has 7 heteroatoms. The minimum Gasteiger partial charge on any atom is -0.466 e. The first-order valence-electron chi connectivity index (χ1n) is 12.7. The Hall–Kier alpha value is -3.35. The zero-order valence-corrected chi connectivity index (χ0v) is 20.4. The molecule has 1 aliphatic heterocycles. The van der Waals surface area contributed by atoms with Crippen LogP contribution in [0.4, 0.5) is 11.4 Å². The summed E-state index contributed by atoms with van der Waals surface area (Å²) in [5.41, 5.74) is 3.42. The van der Waals surface area contributed by atoms with Gasteiger partial charge in [-0.15, -0.1) is 0 Å². The standard InChI is InChI=1S/C28H35N3O4/c1-2-35-27(33)13-12-26(32)29-23-10-11-25(24(19-23)28(34)30-22-8-9-22)31-16-14-21(15-17-31)18-20-6-4-3-5-7-20/h3-7,10-11,19,21-22H,2,8-9,12-18H2,1H3,(H,29,32)(H,30,34). The minimum absolute atomic E-state index is 0.0324. The number of amides is 2. The van der Waals surface area contributed by atoms with Gasteiger partial charge in [-0.2, -0.15) is 0 Å². The second-order valence-corrected chi connectivity index (χ2v) is 9.45. The molecule has 0 atom stereocenters. The van der Waals surface area contributed by atoms with Gasteiger partial charge in [-0.3, -0.25) is 14.4 Å². The first kappa shape index (κ1) is 24.8. The summed E-state index contributed by atoms with van der Waals surface area (Å²) in [6.07, 6.45) is 5.33. The first-order valence-corrected chi connectivity index (χ1v) is 12.7. The predicted octanol–water partition coefficient (Wildman–Crippen LogP) is 4.32. The van der Waals surface area contributed by atoms with Gasteiger partial charge in [-0.05, 0) is 68.7 Å². The molecule has 0 unspecified atom stereocenters. The smallest absolute Gasteiger partial charge is 0.306 e. The maximum atomic E-state index is 13.1. The number of nitrogens with zero attached hydrogens (tertiary/aromatic N) is 1. The SMILES string of the molecule is CCOC(=O)CCC(=O)Nc1ccc(N2CCC(Cc3ccccc3)CC2)c(C(=O)NC2CC2)c1. The summed E-state index contributed by atoms with van der Waals surface area (Å²) >= 11 is 0. The lowest BCUT2D eigenvalue weighted by molar-refractivity contribution is -0.144. The van der Waals surface area contributed by atoms with E-state index in [1.165, 1.54) is 5.56 Å². The summed E-state index contributed by atoms with van der Waals surface area (Å²) in [5, 5.41) is 5.91. The van der Waals surface area contributed by atoms with Gasteiger partial charge >= 0.3 is 5.97 Å². The molecule has 35 heavy (non-hydrogen) atoms. The van der Waals surface area contributed by atoms with Gasteiger partial charge in [-0.25, -0.2) is 0 Å². The molecule has 186 valence electrons. The van der Waals surface area contributed by atoms with Crippen LogP contribution in [0.2, 0.25) is 0 Å². The Morgan fingerprint density at radius 2 is 1.71 bits per heavy atom. The summed E-state index contributed by atoms with van der Waals surface area (Å²) in [6, 6.07) is 16.4. The van der Waals surface area contributed by atoms with Gasteiger partial charge < -0.3 is 20.3 Å². The Morgan fingerprint density at radius 3 is 2.40 bits per heavy atom. The highest BCUT2D eigenvalue weighted by Crippen LogP contribution is 2.31. The molecular formula is C28H35N3O4. The van der Waals surface area contributed by atoms with Crippen molar-refractivity contribution >= 4 is 29.2 Å². The molecule has 2 amide bonds. The maximum Gasteiger partial charge on any atom is 0.306 e. The second kappa shape index (κ2) is 11.9. The number of piperidine rings is 1. The molecule has 4 rings (SSSR count). The monoisotopic (exact) mass is 477 g/mol. The Balaban J connectivity index is 1.41. The molecule has 1 saturated heterocycles. The molecule has 1 heterocycles. The molecule has 2 aromatic carbocycles. The Morgan fingerprint density at radius 1 is 0.971 bits per heavy atom. The molecule has 0 bridgehead atoms. The number of rotatable bonds is 10. The first-order chi connectivity index (χ1) is 17.0. The van der Waals surface area contributed by atoms with Crippen LogP contribution in [0.15, 0.2) is 48.5 Å². The third kappa shape index (κ3) is 7.31. The zero-order valence-electron chi connectivity index (χ0n) is 20.4. The second-order valence-electron chi connectivity index (χ2n) is 9.45. The van der Waals surface area contributed by atoms with Crippen molar-refractivity contribution in [1.29, 1.82) is 0 Å². The van der Waals surface area contributed by atoms with Crippen molar-refractivity contribution in [2.24, 2.45) is 5.92 Å². The fraction of sp³-hybridized carbons (Fsp3) is 0.464. The maximum absolute atomic E-state index is 13.1. The number of ether oxygens (including phenoxy) is 1. The van der Waals surface area contributed by atoms with Gasteiger partial charge in [0, 0.05) is 36.9 Å². The van der Waals surface area contributed by atoms with Crippen molar-refractivity contribution in [2.45, 2.75) is 57.9 Å². The summed E-state index contributed by atoms with van der Waals surface area (Å²) in [6.45, 7) is 3.82. The average molecular weight is 478 g/mol. The number of anilines is 2. The lowest BCUT2D eigenvalue weighted by Gasteiger charge is -2.35. The number of nitrogens with one attached hydrogen (secondary N) is 2. The largest absolute Gasteiger partial charge is 0.466 e. The van der Waals surface area contributed by atoms with E-state index in [1.807, 2.05) is 18.2 Å². The predicted molar refractivity (Wildman–Crippen MR) is 137 cm³/mol. The van der Waals surface area contributed by atoms with Crippen molar-refractivity contribution in [3.63, 3.8) is 0 Å². The van der Waals surface area contributed by atoms with Crippen molar-refractivity contribution in [3.05, 3.63) is 59.7 Å². The number of benzene rings is 2. The van der Waals surface area contributed by atoms with Crippen molar-refractivity contribution in [2.75, 3.05) is 29.9 Å². The van der Waals surface area contributed by atoms with Crippen LogP contribution in [-0.2, 0) is 20.7 Å². The fourth-order valence-corrected chi connectivity index (χ4v) is 4.56. The number of hydrogen-bond donors (Lipinski definition) is 2. The quantitative estimate of drug-likeness (QED) is 0.498.